The van der Waals surface area contributed by atoms with Gasteiger partial charge in [-0.05, 0) is 80.0 Å². The summed E-state index contributed by atoms with van der Waals surface area (Å²) in [5.41, 5.74) is 4.13. The van der Waals surface area contributed by atoms with Crippen molar-refractivity contribution in [1.82, 2.24) is 5.32 Å². The van der Waals surface area contributed by atoms with E-state index in [1.54, 1.807) is 11.8 Å². The number of hydrogen-bond acceptors (Lipinski definition) is 2. The fourth-order valence-electron chi connectivity index (χ4n) is 3.41. The van der Waals surface area contributed by atoms with Gasteiger partial charge in [-0.25, -0.2) is 0 Å². The molecule has 2 aromatic carbocycles. The molecule has 2 nitrogen and oxygen atoms in total. The van der Waals surface area contributed by atoms with Gasteiger partial charge in [0.15, 0.2) is 0 Å². The molecule has 0 bridgehead atoms. The Morgan fingerprint density at radius 3 is 2.50 bits per heavy atom. The summed E-state index contributed by atoms with van der Waals surface area (Å²) >= 11 is 7.54. The van der Waals surface area contributed by atoms with E-state index in [0.717, 1.165) is 17.7 Å². The van der Waals surface area contributed by atoms with E-state index >= 15 is 0 Å². The first-order chi connectivity index (χ1) is 12.6. The normalized spacial score (nSPS) is 15.8. The van der Waals surface area contributed by atoms with Gasteiger partial charge in [-0.3, -0.25) is 4.79 Å². The maximum Gasteiger partial charge on any atom is 0.233 e. The molecule has 3 rings (SSSR count). The molecule has 1 aliphatic rings. The minimum atomic E-state index is -0.101. The summed E-state index contributed by atoms with van der Waals surface area (Å²) in [6.45, 7) is 4.12. The zero-order chi connectivity index (χ0) is 18.5. The molecular formula is C22H26ClNOS. The highest BCUT2D eigenvalue weighted by Gasteiger charge is 2.21. The summed E-state index contributed by atoms with van der Waals surface area (Å²) < 4.78 is 0. The third-order valence-electron chi connectivity index (χ3n) is 4.99. The lowest BCUT2D eigenvalue weighted by Crippen LogP contribution is -2.34. The van der Waals surface area contributed by atoms with Gasteiger partial charge >= 0.3 is 0 Å². The molecule has 1 aliphatic carbocycles. The summed E-state index contributed by atoms with van der Waals surface area (Å²) in [5, 5.41) is 3.81. The van der Waals surface area contributed by atoms with Crippen LogP contribution < -0.4 is 5.32 Å². The highest BCUT2D eigenvalue weighted by atomic mass is 35.5. The van der Waals surface area contributed by atoms with Crippen LogP contribution in [-0.2, 0) is 17.6 Å². The Kier molecular flexibility index (Phi) is 6.66. The van der Waals surface area contributed by atoms with E-state index in [4.69, 9.17) is 11.6 Å². The minimum Gasteiger partial charge on any atom is -0.349 e. The second-order valence-corrected chi connectivity index (χ2v) is 8.65. The fourth-order valence-corrected chi connectivity index (χ4v) is 4.50. The Bertz CT molecular complexity index is 759. The molecule has 1 amide bonds. The van der Waals surface area contributed by atoms with Crippen LogP contribution in [0.4, 0.5) is 0 Å². The van der Waals surface area contributed by atoms with Gasteiger partial charge in [0.25, 0.3) is 0 Å². The molecule has 0 aliphatic heterocycles. The van der Waals surface area contributed by atoms with Crippen molar-refractivity contribution in [2.24, 2.45) is 0 Å². The topological polar surface area (TPSA) is 29.1 Å². The van der Waals surface area contributed by atoms with Gasteiger partial charge in [0.05, 0.1) is 11.3 Å². The predicted octanol–water partition coefficient (Wildman–Crippen LogP) is 5.97. The number of benzene rings is 2. The first-order valence-electron chi connectivity index (χ1n) is 9.41. The lowest BCUT2D eigenvalue weighted by atomic mass is 9.89. The molecule has 138 valence electrons. The molecular weight excluding hydrogens is 362 g/mol. The number of aryl methyl sites for hydroxylation is 2. The number of thioether (sulfide) groups is 1. The van der Waals surface area contributed by atoms with Crippen LogP contribution in [-0.4, -0.2) is 11.2 Å². The van der Waals surface area contributed by atoms with Crippen LogP contribution in [0.1, 0.15) is 55.8 Å². The Morgan fingerprint density at radius 1 is 1.12 bits per heavy atom. The number of rotatable bonds is 6. The van der Waals surface area contributed by atoms with Gasteiger partial charge in [0.1, 0.15) is 0 Å². The van der Waals surface area contributed by atoms with Crippen molar-refractivity contribution < 1.29 is 4.79 Å². The van der Waals surface area contributed by atoms with E-state index in [2.05, 4.69) is 37.4 Å². The molecule has 2 aromatic rings. The number of carbonyl (C=O) groups excluding carboxylic acids is 1. The lowest BCUT2D eigenvalue weighted by Gasteiger charge is -2.22. The smallest absolute Gasteiger partial charge is 0.233 e. The Morgan fingerprint density at radius 2 is 1.81 bits per heavy atom. The number of hydrogen-bond donors (Lipinski definition) is 1. The first kappa shape index (κ1) is 19.3. The number of nitrogens with one attached hydrogen (secondary N) is 1. The first-order valence-corrected chi connectivity index (χ1v) is 10.7. The molecule has 0 fully saturated rings. The largest absolute Gasteiger partial charge is 0.349 e. The second-order valence-electron chi connectivity index (χ2n) is 6.93. The number of amides is 1. The third kappa shape index (κ3) is 4.83. The van der Waals surface area contributed by atoms with Crippen LogP contribution in [0.5, 0.6) is 0 Å². The highest BCUT2D eigenvalue weighted by molar-refractivity contribution is 8.00. The minimum absolute atomic E-state index is 0.0228. The average molecular weight is 388 g/mol. The van der Waals surface area contributed by atoms with Crippen LogP contribution in [0, 0.1) is 0 Å². The standard InChI is InChI=1S/C22H26ClNOS/c1-3-21(26-20-12-10-19(23)11-13-20)22(25)24-15(2)17-9-8-16-6-4-5-7-18(16)14-17/h8-15,21H,3-7H2,1-2H3,(H,24,25)/t15-,21+/m1/s1. The molecule has 1 N–H and O–H groups in total. The van der Waals surface area contributed by atoms with Crippen LogP contribution in [0.25, 0.3) is 0 Å². The summed E-state index contributed by atoms with van der Waals surface area (Å²) in [7, 11) is 0. The van der Waals surface area contributed by atoms with Crippen molar-refractivity contribution in [3.63, 3.8) is 0 Å². The van der Waals surface area contributed by atoms with Crippen molar-refractivity contribution >= 4 is 29.3 Å². The van der Waals surface area contributed by atoms with Gasteiger partial charge in [-0.15, -0.1) is 11.8 Å². The molecule has 26 heavy (non-hydrogen) atoms. The lowest BCUT2D eigenvalue weighted by molar-refractivity contribution is -0.121. The van der Waals surface area contributed by atoms with Crippen LogP contribution in [0.3, 0.4) is 0 Å². The van der Waals surface area contributed by atoms with E-state index in [1.165, 1.54) is 36.0 Å². The van der Waals surface area contributed by atoms with Crippen molar-refractivity contribution in [3.8, 4) is 0 Å². The van der Waals surface area contributed by atoms with Gasteiger partial charge < -0.3 is 5.32 Å². The average Bonchev–Trinajstić information content (AvgIpc) is 2.67. The Labute approximate surface area is 165 Å². The zero-order valence-electron chi connectivity index (χ0n) is 15.4. The van der Waals surface area contributed by atoms with Gasteiger partial charge in [-0.2, -0.15) is 0 Å². The van der Waals surface area contributed by atoms with E-state index in [9.17, 15) is 4.79 Å². The molecule has 0 aromatic heterocycles. The maximum atomic E-state index is 12.8. The zero-order valence-corrected chi connectivity index (χ0v) is 17.0. The fraction of sp³-hybridized carbons (Fsp3) is 0.409. The van der Waals surface area contributed by atoms with E-state index < -0.39 is 0 Å². The molecule has 0 heterocycles. The summed E-state index contributed by atoms with van der Waals surface area (Å²) in [6.07, 6.45) is 5.70. The molecule has 0 radical (unpaired) electrons. The Hall–Kier alpha value is -1.45. The van der Waals surface area contributed by atoms with Gasteiger partial charge in [-0.1, -0.05) is 36.7 Å². The quantitative estimate of drug-likeness (QED) is 0.619. The van der Waals surface area contributed by atoms with Crippen LogP contribution in [0.15, 0.2) is 47.4 Å². The van der Waals surface area contributed by atoms with Crippen molar-refractivity contribution in [3.05, 3.63) is 64.2 Å². The Balaban J connectivity index is 1.64. The van der Waals surface area contributed by atoms with Gasteiger partial charge in [0.2, 0.25) is 5.91 Å². The maximum absolute atomic E-state index is 12.8. The molecule has 2 atom stereocenters. The van der Waals surface area contributed by atoms with Crippen LogP contribution >= 0.6 is 23.4 Å². The number of fused-ring (bicyclic) bond motifs is 1. The third-order valence-corrected chi connectivity index (χ3v) is 6.61. The van der Waals surface area contributed by atoms with Crippen molar-refractivity contribution in [1.29, 1.82) is 0 Å². The van der Waals surface area contributed by atoms with E-state index in [-0.39, 0.29) is 17.2 Å². The number of carbonyl (C=O) groups is 1. The van der Waals surface area contributed by atoms with Crippen LogP contribution in [0.2, 0.25) is 5.02 Å². The SMILES string of the molecule is CC[C@H](Sc1ccc(Cl)cc1)C(=O)N[C@H](C)c1ccc2c(c1)CCCC2. The summed E-state index contributed by atoms with van der Waals surface area (Å²) in [4.78, 5) is 13.8. The van der Waals surface area contributed by atoms with E-state index in [0.29, 0.717) is 5.02 Å². The van der Waals surface area contributed by atoms with Crippen molar-refractivity contribution in [2.45, 2.75) is 62.1 Å². The highest BCUT2D eigenvalue weighted by Crippen LogP contribution is 2.28. The molecule has 0 saturated carbocycles. The molecule has 0 unspecified atom stereocenters. The predicted molar refractivity (Wildman–Crippen MR) is 111 cm³/mol. The van der Waals surface area contributed by atoms with Crippen molar-refractivity contribution in [2.75, 3.05) is 0 Å². The number of halogens is 1. The van der Waals surface area contributed by atoms with Gasteiger partial charge in [0, 0.05) is 9.92 Å². The summed E-state index contributed by atoms with van der Waals surface area (Å²) in [5.74, 6) is 0.0951. The molecule has 4 heteroatoms. The monoisotopic (exact) mass is 387 g/mol. The summed E-state index contributed by atoms with van der Waals surface area (Å²) in [6, 6.07) is 14.4. The second kappa shape index (κ2) is 8.96. The molecule has 0 spiro atoms. The van der Waals surface area contributed by atoms with E-state index in [1.807, 2.05) is 24.3 Å². The molecule has 0 saturated heterocycles.